The minimum atomic E-state index is -0.386. The molecule has 0 amide bonds. The monoisotopic (exact) mass is 669 g/mol. The first-order valence-electron chi connectivity index (χ1n) is 14.1. The maximum atomic E-state index is 12.5. The molecule has 2 heterocycles. The van der Waals surface area contributed by atoms with Crippen LogP contribution in [0.3, 0.4) is 0 Å². The van der Waals surface area contributed by atoms with Gasteiger partial charge in [0.1, 0.15) is 17.2 Å². The standard InChI is InChI=1S/C35H31N3O4S.BrH/c1-4-32-33(25-14-20-29(21-15-25)42-34(39)26-8-6-5-7-9-26)36-35(43-32)38-31(24-12-18-28(41-3)19-13-24)22-30(37-38)23-10-16-27(40-2)17-11-23;/h5-21,31H,4,22H2,1-3H3;1H. The van der Waals surface area contributed by atoms with E-state index in [4.69, 9.17) is 24.3 Å². The van der Waals surface area contributed by atoms with Crippen LogP contribution in [-0.4, -0.2) is 30.9 Å². The van der Waals surface area contributed by atoms with Gasteiger partial charge in [-0.3, -0.25) is 0 Å². The number of anilines is 1. The normalized spacial score (nSPS) is 14.0. The highest BCUT2D eigenvalue weighted by Crippen LogP contribution is 2.42. The van der Waals surface area contributed by atoms with E-state index in [2.05, 4.69) is 19.1 Å². The van der Waals surface area contributed by atoms with Crippen molar-refractivity contribution in [2.75, 3.05) is 19.2 Å². The maximum Gasteiger partial charge on any atom is 0.343 e. The number of thiazole rings is 1. The van der Waals surface area contributed by atoms with Crippen LogP contribution in [0.1, 0.15) is 45.7 Å². The quantitative estimate of drug-likeness (QED) is 0.116. The summed E-state index contributed by atoms with van der Waals surface area (Å²) in [7, 11) is 3.34. The van der Waals surface area contributed by atoms with E-state index in [1.54, 1.807) is 37.7 Å². The van der Waals surface area contributed by atoms with Gasteiger partial charge in [-0.25, -0.2) is 14.8 Å². The molecule has 9 heteroatoms. The van der Waals surface area contributed by atoms with Crippen LogP contribution < -0.4 is 19.2 Å². The summed E-state index contributed by atoms with van der Waals surface area (Å²) in [5.41, 5.74) is 5.55. The molecular formula is C35H32BrN3O4S. The van der Waals surface area contributed by atoms with E-state index in [9.17, 15) is 4.79 Å². The highest BCUT2D eigenvalue weighted by Gasteiger charge is 2.32. The number of esters is 1. The number of aromatic nitrogens is 1. The molecule has 1 aliphatic rings. The smallest absolute Gasteiger partial charge is 0.343 e. The van der Waals surface area contributed by atoms with Crippen molar-refractivity contribution in [1.29, 1.82) is 0 Å². The molecule has 44 heavy (non-hydrogen) atoms. The topological polar surface area (TPSA) is 73.2 Å². The van der Waals surface area contributed by atoms with Crippen molar-refractivity contribution in [2.45, 2.75) is 25.8 Å². The van der Waals surface area contributed by atoms with E-state index in [1.165, 1.54) is 0 Å². The van der Waals surface area contributed by atoms with Crippen LogP contribution in [0.25, 0.3) is 11.3 Å². The number of hydrazone groups is 1. The molecule has 1 aromatic heterocycles. The van der Waals surface area contributed by atoms with Gasteiger partial charge in [-0.15, -0.1) is 17.0 Å². The summed E-state index contributed by atoms with van der Waals surface area (Å²) in [5.74, 6) is 1.72. The molecule has 1 atom stereocenters. The number of carbonyl (C=O) groups is 1. The summed E-state index contributed by atoms with van der Waals surface area (Å²) in [6, 6.07) is 32.6. The number of ether oxygens (including phenoxy) is 3. The van der Waals surface area contributed by atoms with Gasteiger partial charge in [0.2, 0.25) is 5.13 Å². The molecule has 0 N–H and O–H groups in total. The molecule has 1 unspecified atom stereocenters. The lowest BCUT2D eigenvalue weighted by Gasteiger charge is -2.21. The molecule has 5 aromatic rings. The van der Waals surface area contributed by atoms with Gasteiger partial charge in [-0.1, -0.05) is 48.6 Å². The molecule has 0 saturated carbocycles. The summed E-state index contributed by atoms with van der Waals surface area (Å²) in [5, 5.41) is 7.99. The van der Waals surface area contributed by atoms with Gasteiger partial charge in [0.15, 0.2) is 0 Å². The predicted molar refractivity (Wildman–Crippen MR) is 181 cm³/mol. The minimum absolute atomic E-state index is 0. The molecule has 224 valence electrons. The van der Waals surface area contributed by atoms with E-state index in [0.29, 0.717) is 11.3 Å². The molecular weight excluding hydrogens is 638 g/mol. The van der Waals surface area contributed by atoms with E-state index in [-0.39, 0.29) is 29.0 Å². The highest BCUT2D eigenvalue weighted by atomic mass is 79.9. The Kier molecular flexibility index (Phi) is 9.77. The summed E-state index contributed by atoms with van der Waals surface area (Å²) in [4.78, 5) is 18.8. The molecule has 6 rings (SSSR count). The Morgan fingerprint density at radius 1 is 0.818 bits per heavy atom. The van der Waals surface area contributed by atoms with Crippen molar-refractivity contribution in [3.8, 4) is 28.5 Å². The Balaban J connectivity index is 0.00000384. The van der Waals surface area contributed by atoms with Crippen molar-refractivity contribution in [1.82, 2.24) is 4.98 Å². The molecule has 0 bridgehead atoms. The van der Waals surface area contributed by atoms with Crippen molar-refractivity contribution < 1.29 is 19.0 Å². The molecule has 0 saturated heterocycles. The lowest BCUT2D eigenvalue weighted by molar-refractivity contribution is 0.0734. The first kappa shape index (κ1) is 31.0. The Bertz CT molecular complexity index is 1740. The third kappa shape index (κ3) is 6.54. The molecule has 0 aliphatic carbocycles. The van der Waals surface area contributed by atoms with Gasteiger partial charge in [-0.05, 0) is 90.3 Å². The van der Waals surface area contributed by atoms with Gasteiger partial charge >= 0.3 is 5.97 Å². The number of aryl methyl sites for hydroxylation is 1. The fourth-order valence-corrected chi connectivity index (χ4v) is 6.08. The average Bonchev–Trinajstić information content (AvgIpc) is 3.71. The number of halogens is 1. The number of hydrogen-bond donors (Lipinski definition) is 0. The molecule has 1 aliphatic heterocycles. The van der Waals surface area contributed by atoms with Crippen LogP contribution in [0, 0.1) is 0 Å². The number of carbonyl (C=O) groups excluding carboxylic acids is 1. The number of benzene rings is 4. The lowest BCUT2D eigenvalue weighted by Crippen LogP contribution is -2.18. The zero-order valence-corrected chi connectivity index (χ0v) is 27.1. The summed E-state index contributed by atoms with van der Waals surface area (Å²) in [6.07, 6.45) is 1.56. The Hall–Kier alpha value is -4.47. The Morgan fingerprint density at radius 3 is 2.02 bits per heavy atom. The summed E-state index contributed by atoms with van der Waals surface area (Å²) >= 11 is 1.65. The van der Waals surface area contributed by atoms with Crippen LogP contribution in [-0.2, 0) is 6.42 Å². The largest absolute Gasteiger partial charge is 0.497 e. The van der Waals surface area contributed by atoms with Gasteiger partial charge < -0.3 is 14.2 Å². The third-order valence-corrected chi connectivity index (χ3v) is 8.57. The fraction of sp³-hybridized carbons (Fsp3) is 0.171. The van der Waals surface area contributed by atoms with Gasteiger partial charge in [0, 0.05) is 16.9 Å². The van der Waals surface area contributed by atoms with Crippen LogP contribution in [0.4, 0.5) is 5.13 Å². The number of hydrogen-bond acceptors (Lipinski definition) is 8. The number of methoxy groups -OCH3 is 2. The Morgan fingerprint density at radius 2 is 1.41 bits per heavy atom. The van der Waals surface area contributed by atoms with Crippen molar-refractivity contribution >= 4 is 45.1 Å². The second-order valence-corrected chi connectivity index (χ2v) is 11.1. The lowest BCUT2D eigenvalue weighted by atomic mass is 9.98. The molecule has 0 fully saturated rings. The summed E-state index contributed by atoms with van der Waals surface area (Å²) in [6.45, 7) is 2.13. The minimum Gasteiger partial charge on any atom is -0.497 e. The van der Waals surface area contributed by atoms with Crippen LogP contribution in [0.15, 0.2) is 108 Å². The maximum absolute atomic E-state index is 12.5. The van der Waals surface area contributed by atoms with E-state index < -0.39 is 0 Å². The van der Waals surface area contributed by atoms with E-state index >= 15 is 0 Å². The van der Waals surface area contributed by atoms with E-state index in [1.807, 2.05) is 83.9 Å². The molecule has 4 aromatic carbocycles. The predicted octanol–water partition coefficient (Wildman–Crippen LogP) is 8.54. The zero-order chi connectivity index (χ0) is 29.8. The van der Waals surface area contributed by atoms with Crippen molar-refractivity contribution in [2.24, 2.45) is 5.10 Å². The highest BCUT2D eigenvalue weighted by molar-refractivity contribution is 8.93. The second-order valence-electron chi connectivity index (χ2n) is 10.0. The average molecular weight is 671 g/mol. The first-order valence-corrected chi connectivity index (χ1v) is 14.9. The fourth-order valence-electron chi connectivity index (χ4n) is 5.05. The number of rotatable bonds is 9. The zero-order valence-electron chi connectivity index (χ0n) is 24.6. The second kappa shape index (κ2) is 13.9. The first-order chi connectivity index (χ1) is 21.1. The van der Waals surface area contributed by atoms with Gasteiger partial charge in [0.05, 0.1) is 37.2 Å². The molecule has 0 spiro atoms. The van der Waals surface area contributed by atoms with Gasteiger partial charge in [-0.2, -0.15) is 5.10 Å². The number of nitrogens with zero attached hydrogens (tertiary/aromatic N) is 3. The van der Waals surface area contributed by atoms with Gasteiger partial charge in [0.25, 0.3) is 0 Å². The molecule has 7 nitrogen and oxygen atoms in total. The Labute approximate surface area is 271 Å². The van der Waals surface area contributed by atoms with Crippen LogP contribution in [0.2, 0.25) is 0 Å². The summed E-state index contributed by atoms with van der Waals surface area (Å²) < 4.78 is 16.3. The molecule has 0 radical (unpaired) electrons. The van der Waals surface area contributed by atoms with E-state index in [0.717, 1.165) is 62.4 Å². The van der Waals surface area contributed by atoms with Crippen LogP contribution in [0.5, 0.6) is 17.2 Å². The SMILES string of the molecule is Br.CCc1sc(N2N=C(c3ccc(OC)cc3)CC2c2ccc(OC)cc2)nc1-c1ccc(OC(=O)c2ccccc2)cc1. The van der Waals surface area contributed by atoms with Crippen molar-refractivity contribution in [3.05, 3.63) is 125 Å². The van der Waals surface area contributed by atoms with Crippen LogP contribution >= 0.6 is 28.3 Å². The third-order valence-electron chi connectivity index (χ3n) is 7.39. The van der Waals surface area contributed by atoms with Crippen molar-refractivity contribution in [3.63, 3.8) is 0 Å².